The molecule has 0 aromatic heterocycles. The number of allylic oxidation sites excluding steroid dienone is 1. The van der Waals surface area contributed by atoms with Crippen molar-refractivity contribution >= 4 is 0 Å². The second-order valence-corrected chi connectivity index (χ2v) is 4.91. The van der Waals surface area contributed by atoms with Crippen LogP contribution in [0.3, 0.4) is 0 Å². The summed E-state index contributed by atoms with van der Waals surface area (Å²) in [4.78, 5) is 0. The zero-order valence-corrected chi connectivity index (χ0v) is 10.6. The first-order valence-electron chi connectivity index (χ1n) is 6.76. The Morgan fingerprint density at radius 1 is 1.19 bits per heavy atom. The number of hydrogen-bond donors (Lipinski definition) is 1. The van der Waals surface area contributed by atoms with Crippen LogP contribution in [0.1, 0.15) is 51.9 Å². The van der Waals surface area contributed by atoms with Gasteiger partial charge in [0.25, 0.3) is 0 Å². The lowest BCUT2D eigenvalue weighted by atomic mass is 10.00. The first-order chi connectivity index (χ1) is 7.79. The molecule has 1 heteroatoms. The minimum Gasteiger partial charge on any atom is -0.392 e. The second kappa shape index (κ2) is 7.67. The van der Waals surface area contributed by atoms with Crippen molar-refractivity contribution in [3.05, 3.63) is 24.8 Å². The Kier molecular flexibility index (Phi) is 6.47. The molecule has 1 fully saturated rings. The number of hydrogen-bond acceptors (Lipinski definition) is 1. The summed E-state index contributed by atoms with van der Waals surface area (Å²) in [6.45, 7) is 6.01. The van der Waals surface area contributed by atoms with Gasteiger partial charge in [0.2, 0.25) is 0 Å². The summed E-state index contributed by atoms with van der Waals surface area (Å²) in [6, 6.07) is 0. The van der Waals surface area contributed by atoms with Crippen LogP contribution in [0.5, 0.6) is 0 Å². The smallest absolute Gasteiger partial charge is 0.0665 e. The highest BCUT2D eigenvalue weighted by Gasteiger charge is 2.30. The zero-order chi connectivity index (χ0) is 11.8. The van der Waals surface area contributed by atoms with Gasteiger partial charge in [0.15, 0.2) is 0 Å². The highest BCUT2D eigenvalue weighted by Crippen LogP contribution is 2.32. The maximum atomic E-state index is 9.97. The highest BCUT2D eigenvalue weighted by atomic mass is 16.3. The number of unbranched alkanes of at least 4 members (excludes halogenated alkanes) is 4. The summed E-state index contributed by atoms with van der Waals surface area (Å²) in [5, 5.41) is 9.97. The zero-order valence-electron chi connectivity index (χ0n) is 10.6. The van der Waals surface area contributed by atoms with Crippen molar-refractivity contribution in [1.82, 2.24) is 0 Å². The van der Waals surface area contributed by atoms with Crippen LogP contribution in [-0.2, 0) is 0 Å². The van der Waals surface area contributed by atoms with Gasteiger partial charge in [-0.2, -0.15) is 0 Å². The predicted octanol–water partition coefficient (Wildman–Crippen LogP) is 4.09. The Bertz CT molecular complexity index is 219. The third-order valence-electron chi connectivity index (χ3n) is 3.62. The number of aliphatic hydroxyl groups is 1. The molecule has 16 heavy (non-hydrogen) atoms. The molecule has 1 aliphatic rings. The molecule has 0 radical (unpaired) electrons. The normalized spacial score (nSPS) is 30.0. The largest absolute Gasteiger partial charge is 0.392 e. The van der Waals surface area contributed by atoms with Gasteiger partial charge in [-0.25, -0.2) is 0 Å². The van der Waals surface area contributed by atoms with Gasteiger partial charge in [-0.1, -0.05) is 44.4 Å². The molecule has 1 rings (SSSR count). The summed E-state index contributed by atoms with van der Waals surface area (Å²) in [5.74, 6) is 0.684. The summed E-state index contributed by atoms with van der Waals surface area (Å²) in [7, 11) is 0. The maximum Gasteiger partial charge on any atom is 0.0665 e. The van der Waals surface area contributed by atoms with Crippen LogP contribution in [0, 0.1) is 11.8 Å². The molecule has 0 bridgehead atoms. The molecule has 1 N–H and O–H groups in total. The van der Waals surface area contributed by atoms with E-state index in [9.17, 15) is 5.11 Å². The van der Waals surface area contributed by atoms with Gasteiger partial charge in [0.05, 0.1) is 6.10 Å². The molecule has 0 unspecified atom stereocenters. The summed E-state index contributed by atoms with van der Waals surface area (Å²) in [5.41, 5.74) is 0. The highest BCUT2D eigenvalue weighted by molar-refractivity contribution is 5.02. The molecule has 3 atom stereocenters. The Morgan fingerprint density at radius 2 is 1.94 bits per heavy atom. The van der Waals surface area contributed by atoms with Gasteiger partial charge in [-0.15, -0.1) is 6.58 Å². The van der Waals surface area contributed by atoms with E-state index in [0.29, 0.717) is 11.8 Å². The van der Waals surface area contributed by atoms with Crippen molar-refractivity contribution in [1.29, 1.82) is 0 Å². The molecule has 0 aromatic rings. The van der Waals surface area contributed by atoms with Gasteiger partial charge in [-0.3, -0.25) is 0 Å². The molecular weight excluding hydrogens is 196 g/mol. The molecule has 0 heterocycles. The van der Waals surface area contributed by atoms with Crippen LogP contribution in [-0.4, -0.2) is 11.2 Å². The van der Waals surface area contributed by atoms with Gasteiger partial charge < -0.3 is 5.11 Å². The molecule has 1 aliphatic carbocycles. The lowest BCUT2D eigenvalue weighted by Gasteiger charge is -2.13. The average molecular weight is 222 g/mol. The van der Waals surface area contributed by atoms with Crippen molar-refractivity contribution < 1.29 is 5.11 Å². The molecule has 0 spiro atoms. The first kappa shape index (κ1) is 13.5. The van der Waals surface area contributed by atoms with Crippen molar-refractivity contribution in [3.8, 4) is 0 Å². The SMILES string of the molecule is C=C[C@@H]1CC[C@H](/C=C/CCCCCC)[C@H]1O. The van der Waals surface area contributed by atoms with E-state index >= 15 is 0 Å². The summed E-state index contributed by atoms with van der Waals surface area (Å²) < 4.78 is 0. The number of aliphatic hydroxyl groups excluding tert-OH is 1. The predicted molar refractivity (Wildman–Crippen MR) is 70.3 cm³/mol. The third kappa shape index (κ3) is 4.13. The molecule has 1 nitrogen and oxygen atoms in total. The minimum atomic E-state index is -0.190. The number of rotatable bonds is 7. The fraction of sp³-hybridized carbons (Fsp3) is 0.733. The molecular formula is C15H26O. The second-order valence-electron chi connectivity index (χ2n) is 4.91. The first-order valence-corrected chi connectivity index (χ1v) is 6.76. The van der Waals surface area contributed by atoms with Gasteiger partial charge >= 0.3 is 0 Å². The Morgan fingerprint density at radius 3 is 2.56 bits per heavy atom. The quantitative estimate of drug-likeness (QED) is 0.508. The topological polar surface area (TPSA) is 20.2 Å². The van der Waals surface area contributed by atoms with E-state index in [1.165, 1.54) is 32.1 Å². The van der Waals surface area contributed by atoms with Crippen molar-refractivity contribution in [3.63, 3.8) is 0 Å². The lowest BCUT2D eigenvalue weighted by Crippen LogP contribution is -2.17. The molecule has 1 saturated carbocycles. The third-order valence-corrected chi connectivity index (χ3v) is 3.62. The van der Waals surface area contributed by atoms with Crippen LogP contribution in [0.4, 0.5) is 0 Å². The van der Waals surface area contributed by atoms with E-state index < -0.39 is 0 Å². The van der Waals surface area contributed by atoms with Crippen LogP contribution >= 0.6 is 0 Å². The van der Waals surface area contributed by atoms with Gasteiger partial charge in [0, 0.05) is 11.8 Å². The van der Waals surface area contributed by atoms with Gasteiger partial charge in [0.1, 0.15) is 0 Å². The van der Waals surface area contributed by atoms with E-state index in [1.807, 2.05) is 6.08 Å². The van der Waals surface area contributed by atoms with Gasteiger partial charge in [-0.05, 0) is 25.7 Å². The Hall–Kier alpha value is -0.560. The van der Waals surface area contributed by atoms with Crippen molar-refractivity contribution in [2.45, 2.75) is 58.0 Å². The average Bonchev–Trinajstić information content (AvgIpc) is 2.65. The molecule has 0 saturated heterocycles. The van der Waals surface area contributed by atoms with E-state index in [0.717, 1.165) is 12.8 Å². The monoisotopic (exact) mass is 222 g/mol. The van der Waals surface area contributed by atoms with Crippen LogP contribution in [0.2, 0.25) is 0 Å². The summed E-state index contributed by atoms with van der Waals surface area (Å²) >= 11 is 0. The van der Waals surface area contributed by atoms with Crippen LogP contribution in [0.15, 0.2) is 24.8 Å². The molecule has 0 amide bonds. The van der Waals surface area contributed by atoms with Crippen molar-refractivity contribution in [2.75, 3.05) is 0 Å². The van der Waals surface area contributed by atoms with Crippen LogP contribution < -0.4 is 0 Å². The van der Waals surface area contributed by atoms with E-state index in [-0.39, 0.29) is 6.10 Å². The van der Waals surface area contributed by atoms with E-state index in [4.69, 9.17) is 0 Å². The van der Waals surface area contributed by atoms with Crippen molar-refractivity contribution in [2.24, 2.45) is 11.8 Å². The Labute approximate surface area is 100 Å². The standard InChI is InChI=1S/C15H26O/c1-3-5-6-7-8-9-10-14-12-11-13(4-2)15(14)16/h4,9-10,13-16H,2-3,5-8,11-12H2,1H3/b10-9+/t13-,14+,15+/m1/s1. The van der Waals surface area contributed by atoms with E-state index in [2.05, 4.69) is 25.7 Å². The fourth-order valence-electron chi connectivity index (χ4n) is 2.47. The maximum absolute atomic E-state index is 9.97. The lowest BCUT2D eigenvalue weighted by molar-refractivity contribution is 0.126. The Balaban J connectivity index is 2.17. The van der Waals surface area contributed by atoms with Crippen LogP contribution in [0.25, 0.3) is 0 Å². The van der Waals surface area contributed by atoms with E-state index in [1.54, 1.807) is 0 Å². The minimum absolute atomic E-state index is 0.190. The molecule has 92 valence electrons. The fourth-order valence-corrected chi connectivity index (χ4v) is 2.47. The summed E-state index contributed by atoms with van der Waals surface area (Å²) in [6.07, 6.45) is 14.8. The molecule has 0 aliphatic heterocycles. The molecule has 0 aromatic carbocycles.